The SMILES string of the molecule is CC#CCOC(Cn1cc[n+](CC(=O)c2cccs2)c1)c1ccc(Cl)s1. The standard InChI is InChI=1S/C19H18ClN2O2S2/c1-2-3-10-24-16(18-6-7-19(20)26-18)13-22-9-8-21(14-22)12-15(23)17-5-4-11-25-17/h4-9,11,14,16H,10,12-13H2,1H3/q+1. The highest BCUT2D eigenvalue weighted by Crippen LogP contribution is 2.30. The fourth-order valence-corrected chi connectivity index (χ4v) is 4.21. The molecular formula is C19H18ClN2O2S2+. The maximum absolute atomic E-state index is 12.2. The Morgan fingerprint density at radius 1 is 1.42 bits per heavy atom. The molecule has 0 radical (unpaired) electrons. The molecule has 1 atom stereocenters. The predicted octanol–water partition coefficient (Wildman–Crippen LogP) is 4.22. The van der Waals surface area contributed by atoms with Crippen LogP contribution in [0.2, 0.25) is 4.34 Å². The van der Waals surface area contributed by atoms with Crippen LogP contribution in [0, 0.1) is 11.8 Å². The van der Waals surface area contributed by atoms with E-state index in [4.69, 9.17) is 16.3 Å². The van der Waals surface area contributed by atoms with Gasteiger partial charge in [-0.05, 0) is 30.5 Å². The lowest BCUT2D eigenvalue weighted by molar-refractivity contribution is -0.682. The summed E-state index contributed by atoms with van der Waals surface area (Å²) in [6.45, 7) is 3.11. The number of nitrogens with zero attached hydrogens (tertiary/aromatic N) is 2. The lowest BCUT2D eigenvalue weighted by Gasteiger charge is -2.12. The first kappa shape index (κ1) is 18.9. The molecule has 3 aromatic heterocycles. The molecule has 0 saturated carbocycles. The number of thiophene rings is 2. The van der Waals surface area contributed by atoms with Crippen LogP contribution in [-0.4, -0.2) is 17.0 Å². The lowest BCUT2D eigenvalue weighted by Crippen LogP contribution is -2.35. The van der Waals surface area contributed by atoms with Gasteiger partial charge in [-0.2, -0.15) is 0 Å². The van der Waals surface area contributed by atoms with Crippen LogP contribution in [0.3, 0.4) is 0 Å². The Bertz CT molecular complexity index is 919. The van der Waals surface area contributed by atoms with Gasteiger partial charge in [0.25, 0.3) is 0 Å². The van der Waals surface area contributed by atoms with Crippen LogP contribution in [0.5, 0.6) is 0 Å². The minimum Gasteiger partial charge on any atom is -0.356 e. The van der Waals surface area contributed by atoms with Crippen LogP contribution in [0.15, 0.2) is 48.4 Å². The van der Waals surface area contributed by atoms with Crippen LogP contribution >= 0.6 is 34.3 Å². The van der Waals surface area contributed by atoms with Crippen LogP contribution in [0.25, 0.3) is 0 Å². The summed E-state index contributed by atoms with van der Waals surface area (Å²) in [4.78, 5) is 14.1. The highest BCUT2D eigenvalue weighted by atomic mass is 35.5. The molecule has 0 amide bonds. The Labute approximate surface area is 165 Å². The zero-order valence-corrected chi connectivity index (χ0v) is 16.6. The average Bonchev–Trinajstić information content (AvgIpc) is 3.36. The molecule has 3 rings (SSSR count). The molecule has 0 bridgehead atoms. The van der Waals surface area contributed by atoms with Crippen molar-refractivity contribution >= 4 is 40.1 Å². The Balaban J connectivity index is 1.67. The summed E-state index contributed by atoms with van der Waals surface area (Å²) >= 11 is 9.04. The highest BCUT2D eigenvalue weighted by Gasteiger charge is 2.19. The van der Waals surface area contributed by atoms with Crippen LogP contribution in [-0.2, 0) is 17.8 Å². The van der Waals surface area contributed by atoms with Gasteiger partial charge in [-0.25, -0.2) is 9.13 Å². The third-order valence-corrected chi connectivity index (χ3v) is 5.92. The monoisotopic (exact) mass is 405 g/mol. The van der Waals surface area contributed by atoms with Gasteiger partial charge in [-0.3, -0.25) is 4.79 Å². The molecule has 0 aliphatic heterocycles. The third-order valence-electron chi connectivity index (χ3n) is 3.69. The second-order valence-corrected chi connectivity index (χ2v) is 8.25. The van der Waals surface area contributed by atoms with Gasteiger partial charge in [0.15, 0.2) is 6.54 Å². The summed E-state index contributed by atoms with van der Waals surface area (Å²) in [6.07, 6.45) is 5.62. The van der Waals surface area contributed by atoms with E-state index < -0.39 is 0 Å². The van der Waals surface area contributed by atoms with Gasteiger partial charge in [-0.15, -0.1) is 28.6 Å². The third kappa shape index (κ3) is 5.05. The molecule has 1 unspecified atom stereocenters. The molecule has 0 N–H and O–H groups in total. The van der Waals surface area contributed by atoms with Crippen molar-refractivity contribution in [1.29, 1.82) is 0 Å². The molecule has 3 heterocycles. The van der Waals surface area contributed by atoms with E-state index in [9.17, 15) is 4.79 Å². The first-order valence-corrected chi connectivity index (χ1v) is 10.1. The predicted molar refractivity (Wildman–Crippen MR) is 105 cm³/mol. The van der Waals surface area contributed by atoms with Crippen molar-refractivity contribution in [3.05, 3.63) is 62.5 Å². The summed E-state index contributed by atoms with van der Waals surface area (Å²) in [5, 5.41) is 1.91. The summed E-state index contributed by atoms with van der Waals surface area (Å²) in [6, 6.07) is 7.60. The molecule has 26 heavy (non-hydrogen) atoms. The van der Waals surface area contributed by atoms with Crippen LogP contribution < -0.4 is 4.57 Å². The number of aromatic nitrogens is 2. The highest BCUT2D eigenvalue weighted by molar-refractivity contribution is 7.16. The van der Waals surface area contributed by atoms with Crippen molar-refractivity contribution in [3.63, 3.8) is 0 Å². The minimum absolute atomic E-state index is 0.110. The second-order valence-electron chi connectivity index (χ2n) is 5.55. The second kappa shape index (κ2) is 9.15. The van der Waals surface area contributed by atoms with E-state index in [1.165, 1.54) is 22.7 Å². The topological polar surface area (TPSA) is 35.1 Å². The van der Waals surface area contributed by atoms with Crippen molar-refractivity contribution < 1.29 is 14.1 Å². The Kier molecular flexibility index (Phi) is 6.64. The van der Waals surface area contributed by atoms with E-state index in [2.05, 4.69) is 11.8 Å². The van der Waals surface area contributed by atoms with Gasteiger partial charge >= 0.3 is 0 Å². The quantitative estimate of drug-likeness (QED) is 0.319. The van der Waals surface area contributed by atoms with E-state index in [0.29, 0.717) is 19.7 Å². The molecule has 0 spiro atoms. The molecule has 0 aliphatic rings. The fourth-order valence-electron chi connectivity index (χ4n) is 2.45. The number of ether oxygens (including phenoxy) is 1. The normalized spacial score (nSPS) is 11.8. The van der Waals surface area contributed by atoms with Crippen molar-refractivity contribution in [2.24, 2.45) is 0 Å². The average molecular weight is 406 g/mol. The zero-order chi connectivity index (χ0) is 18.4. The maximum Gasteiger partial charge on any atom is 0.244 e. The number of carbonyl (C=O) groups is 1. The molecule has 3 aromatic rings. The molecule has 7 heteroatoms. The molecule has 4 nitrogen and oxygen atoms in total. The van der Waals surface area contributed by atoms with E-state index >= 15 is 0 Å². The molecule has 0 aliphatic carbocycles. The summed E-state index contributed by atoms with van der Waals surface area (Å²) in [5.41, 5.74) is 0. The number of ketones is 1. The van der Waals surface area contributed by atoms with Gasteiger partial charge in [0.2, 0.25) is 12.1 Å². The van der Waals surface area contributed by atoms with Gasteiger partial charge in [0.1, 0.15) is 31.6 Å². The van der Waals surface area contributed by atoms with Crippen molar-refractivity contribution in [2.75, 3.05) is 6.61 Å². The number of hydrogen-bond acceptors (Lipinski definition) is 4. The maximum atomic E-state index is 12.2. The summed E-state index contributed by atoms with van der Waals surface area (Å²) < 4.78 is 10.5. The Morgan fingerprint density at radius 2 is 2.31 bits per heavy atom. The number of carbonyl (C=O) groups excluding carboxylic acids is 1. The number of Topliss-reactive ketones (excluding diaryl/α,β-unsaturated/α-hetero) is 1. The molecule has 0 saturated heterocycles. The van der Waals surface area contributed by atoms with Crippen LogP contribution in [0.1, 0.15) is 27.6 Å². The van der Waals surface area contributed by atoms with E-state index in [-0.39, 0.29) is 11.9 Å². The van der Waals surface area contributed by atoms with E-state index in [1.54, 1.807) is 6.92 Å². The van der Waals surface area contributed by atoms with Crippen molar-refractivity contribution in [3.8, 4) is 11.8 Å². The van der Waals surface area contributed by atoms with E-state index in [0.717, 1.165) is 14.1 Å². The first-order chi connectivity index (χ1) is 12.7. The Morgan fingerprint density at radius 3 is 3.00 bits per heavy atom. The molecule has 0 fully saturated rings. The zero-order valence-electron chi connectivity index (χ0n) is 14.2. The van der Waals surface area contributed by atoms with Gasteiger partial charge in [0.05, 0.1) is 9.21 Å². The summed E-state index contributed by atoms with van der Waals surface area (Å²) in [5.74, 6) is 5.88. The number of imidazole rings is 1. The van der Waals surface area contributed by atoms with Crippen molar-refractivity contribution in [2.45, 2.75) is 26.1 Å². The number of rotatable bonds is 8. The lowest BCUT2D eigenvalue weighted by atomic mass is 10.3. The molecular weight excluding hydrogens is 388 g/mol. The Hall–Kier alpha value is -1.91. The largest absolute Gasteiger partial charge is 0.356 e. The van der Waals surface area contributed by atoms with Gasteiger partial charge in [-0.1, -0.05) is 23.6 Å². The summed E-state index contributed by atoms with van der Waals surface area (Å²) in [7, 11) is 0. The smallest absolute Gasteiger partial charge is 0.244 e. The number of hydrogen-bond donors (Lipinski definition) is 0. The van der Waals surface area contributed by atoms with Crippen LogP contribution in [0.4, 0.5) is 0 Å². The van der Waals surface area contributed by atoms with Gasteiger partial charge < -0.3 is 4.74 Å². The first-order valence-electron chi connectivity index (χ1n) is 8.03. The molecule has 134 valence electrons. The minimum atomic E-state index is -0.137. The van der Waals surface area contributed by atoms with Crippen molar-refractivity contribution in [1.82, 2.24) is 4.57 Å². The van der Waals surface area contributed by atoms with Gasteiger partial charge in [0, 0.05) is 4.88 Å². The van der Waals surface area contributed by atoms with E-state index in [1.807, 2.05) is 57.5 Å². The number of halogens is 1. The molecule has 0 aromatic carbocycles. The fraction of sp³-hybridized carbons (Fsp3) is 0.263.